The van der Waals surface area contributed by atoms with Crippen molar-refractivity contribution in [2.45, 2.75) is 26.9 Å². The fourth-order valence-corrected chi connectivity index (χ4v) is 2.19. The van der Waals surface area contributed by atoms with Crippen LogP contribution < -0.4 is 15.4 Å². The summed E-state index contributed by atoms with van der Waals surface area (Å²) < 4.78 is 7.49. The van der Waals surface area contributed by atoms with E-state index >= 15 is 0 Å². The van der Waals surface area contributed by atoms with Gasteiger partial charge in [-0.05, 0) is 26.0 Å². The van der Waals surface area contributed by atoms with Crippen LogP contribution in [0.3, 0.4) is 0 Å². The maximum absolute atomic E-state index is 5.64. The molecule has 2 aromatic rings. The Labute approximate surface area is 160 Å². The van der Waals surface area contributed by atoms with Gasteiger partial charge < -0.3 is 15.4 Å². The fourth-order valence-electron chi connectivity index (χ4n) is 2.19. The van der Waals surface area contributed by atoms with E-state index < -0.39 is 0 Å². The molecular weight excluding hydrogens is 417 g/mol. The third-order valence-corrected chi connectivity index (χ3v) is 3.38. The molecule has 0 atom stereocenters. The maximum Gasteiger partial charge on any atom is 0.191 e. The molecule has 1 aromatic heterocycles. The fraction of sp³-hybridized carbons (Fsp3) is 0.412. The van der Waals surface area contributed by atoms with Crippen LogP contribution in [0, 0.1) is 0 Å². The summed E-state index contributed by atoms with van der Waals surface area (Å²) in [7, 11) is 1.93. The summed E-state index contributed by atoms with van der Waals surface area (Å²) in [5.74, 6) is 1.67. The summed E-state index contributed by atoms with van der Waals surface area (Å²) >= 11 is 0. The lowest BCUT2D eigenvalue weighted by Gasteiger charge is -2.12. The summed E-state index contributed by atoms with van der Waals surface area (Å²) in [6.07, 6.45) is 1.79. The van der Waals surface area contributed by atoms with Crippen molar-refractivity contribution in [2.24, 2.45) is 12.0 Å². The Morgan fingerprint density at radius 2 is 2.00 bits per heavy atom. The van der Waals surface area contributed by atoms with Gasteiger partial charge in [-0.3, -0.25) is 4.68 Å². The summed E-state index contributed by atoms with van der Waals surface area (Å²) in [6, 6.07) is 9.98. The van der Waals surface area contributed by atoms with Crippen LogP contribution in [0.5, 0.6) is 5.75 Å². The number of benzene rings is 1. The van der Waals surface area contributed by atoms with Gasteiger partial charge in [0.25, 0.3) is 0 Å². The predicted molar refractivity (Wildman–Crippen MR) is 108 cm³/mol. The average molecular weight is 443 g/mol. The molecule has 2 rings (SSSR count). The van der Waals surface area contributed by atoms with Crippen molar-refractivity contribution >= 4 is 29.9 Å². The van der Waals surface area contributed by atoms with E-state index in [4.69, 9.17) is 4.74 Å². The Hall–Kier alpha value is -1.77. The van der Waals surface area contributed by atoms with Crippen LogP contribution in [0.15, 0.2) is 41.5 Å². The van der Waals surface area contributed by atoms with Gasteiger partial charge in [0.15, 0.2) is 5.96 Å². The first kappa shape index (κ1) is 20.3. The predicted octanol–water partition coefficient (Wildman–Crippen LogP) is 2.69. The normalized spacial score (nSPS) is 10.9. The zero-order chi connectivity index (χ0) is 16.5. The molecule has 0 unspecified atom stereocenters. The van der Waals surface area contributed by atoms with Gasteiger partial charge in [0, 0.05) is 25.4 Å². The molecule has 132 valence electrons. The molecule has 0 fully saturated rings. The zero-order valence-corrected chi connectivity index (χ0v) is 16.8. The van der Waals surface area contributed by atoms with Gasteiger partial charge in [-0.2, -0.15) is 5.10 Å². The van der Waals surface area contributed by atoms with Gasteiger partial charge >= 0.3 is 0 Å². The number of para-hydroxylation sites is 1. The number of rotatable bonds is 7. The Morgan fingerprint density at radius 3 is 2.67 bits per heavy atom. The minimum atomic E-state index is 0. The molecule has 0 amide bonds. The second-order valence-electron chi connectivity index (χ2n) is 5.04. The zero-order valence-electron chi connectivity index (χ0n) is 14.5. The number of hydrogen-bond acceptors (Lipinski definition) is 3. The summed E-state index contributed by atoms with van der Waals surface area (Å²) in [5.41, 5.74) is 2.18. The lowest BCUT2D eigenvalue weighted by Crippen LogP contribution is -2.37. The van der Waals surface area contributed by atoms with E-state index in [1.165, 1.54) is 0 Å². The quantitative estimate of drug-likeness (QED) is 0.393. The second kappa shape index (κ2) is 10.9. The van der Waals surface area contributed by atoms with Crippen LogP contribution in [0.1, 0.15) is 25.1 Å². The number of aliphatic imine (C=N–C) groups is 1. The van der Waals surface area contributed by atoms with Gasteiger partial charge in [-0.1, -0.05) is 18.2 Å². The topological polar surface area (TPSA) is 63.5 Å². The number of guanidine groups is 1. The highest BCUT2D eigenvalue weighted by atomic mass is 127. The van der Waals surface area contributed by atoms with Gasteiger partial charge in [-0.25, -0.2) is 4.99 Å². The molecule has 0 bridgehead atoms. The largest absolute Gasteiger partial charge is 0.494 e. The molecule has 24 heavy (non-hydrogen) atoms. The molecule has 0 spiro atoms. The highest BCUT2D eigenvalue weighted by Crippen LogP contribution is 2.18. The first-order valence-corrected chi connectivity index (χ1v) is 7.94. The highest BCUT2D eigenvalue weighted by molar-refractivity contribution is 14.0. The van der Waals surface area contributed by atoms with Crippen LogP contribution in [-0.4, -0.2) is 28.9 Å². The molecule has 7 heteroatoms. The van der Waals surface area contributed by atoms with E-state index in [1.807, 2.05) is 49.0 Å². The summed E-state index contributed by atoms with van der Waals surface area (Å²) in [4.78, 5) is 4.64. The van der Waals surface area contributed by atoms with Gasteiger partial charge in [0.1, 0.15) is 5.75 Å². The molecule has 0 saturated heterocycles. The number of hydrogen-bond donors (Lipinski definition) is 2. The molecule has 6 nitrogen and oxygen atoms in total. The lowest BCUT2D eigenvalue weighted by atomic mass is 10.2. The highest BCUT2D eigenvalue weighted by Gasteiger charge is 2.04. The van der Waals surface area contributed by atoms with Crippen molar-refractivity contribution in [3.63, 3.8) is 0 Å². The maximum atomic E-state index is 5.64. The lowest BCUT2D eigenvalue weighted by molar-refractivity contribution is 0.336. The average Bonchev–Trinajstić information content (AvgIpc) is 2.97. The van der Waals surface area contributed by atoms with Crippen molar-refractivity contribution in [3.8, 4) is 5.75 Å². The number of aromatic nitrogens is 2. The molecule has 0 aliphatic heterocycles. The minimum absolute atomic E-state index is 0. The Morgan fingerprint density at radius 1 is 1.21 bits per heavy atom. The standard InChI is InChI=1S/C17H25N5O.HI/c1-4-18-17(20-13-15-10-11-21-22(15)3)19-12-14-8-6-7-9-16(14)23-5-2;/h6-11H,4-5,12-13H2,1-3H3,(H2,18,19,20);1H. The molecule has 1 aromatic carbocycles. The van der Waals surface area contributed by atoms with E-state index in [0.29, 0.717) is 19.7 Å². The second-order valence-corrected chi connectivity index (χ2v) is 5.04. The third-order valence-electron chi connectivity index (χ3n) is 3.38. The number of nitrogens with zero attached hydrogens (tertiary/aromatic N) is 3. The van der Waals surface area contributed by atoms with Crippen LogP contribution >= 0.6 is 24.0 Å². The summed E-state index contributed by atoms with van der Waals surface area (Å²) in [5, 5.41) is 10.7. The first-order valence-electron chi connectivity index (χ1n) is 7.94. The van der Waals surface area contributed by atoms with E-state index in [-0.39, 0.29) is 24.0 Å². The van der Waals surface area contributed by atoms with Crippen LogP contribution in [0.4, 0.5) is 0 Å². The number of ether oxygens (including phenoxy) is 1. The molecule has 1 heterocycles. The SMILES string of the molecule is CCNC(=NCc1ccccc1OCC)NCc1ccnn1C.I. The van der Waals surface area contributed by atoms with Crippen LogP contribution in [0.25, 0.3) is 0 Å². The Kier molecular flexibility index (Phi) is 9.21. The number of aryl methyl sites for hydroxylation is 1. The number of halogens is 1. The van der Waals surface area contributed by atoms with Crippen LogP contribution in [0.2, 0.25) is 0 Å². The van der Waals surface area contributed by atoms with Crippen molar-refractivity contribution in [3.05, 3.63) is 47.8 Å². The van der Waals surface area contributed by atoms with E-state index in [0.717, 1.165) is 29.5 Å². The molecule has 0 aliphatic carbocycles. The van der Waals surface area contributed by atoms with Gasteiger partial charge in [-0.15, -0.1) is 24.0 Å². The Bertz CT molecular complexity index is 641. The molecular formula is C17H26IN5O. The van der Waals surface area contributed by atoms with E-state index in [9.17, 15) is 0 Å². The number of nitrogens with one attached hydrogen (secondary N) is 2. The van der Waals surface area contributed by atoms with Crippen LogP contribution in [-0.2, 0) is 20.1 Å². The Balaban J connectivity index is 0.00000288. The molecule has 0 radical (unpaired) electrons. The van der Waals surface area contributed by atoms with Crippen molar-refractivity contribution < 1.29 is 4.74 Å². The molecule has 0 aliphatic rings. The smallest absolute Gasteiger partial charge is 0.191 e. The minimum Gasteiger partial charge on any atom is -0.494 e. The van der Waals surface area contributed by atoms with Gasteiger partial charge in [0.2, 0.25) is 0 Å². The third kappa shape index (κ3) is 6.03. The van der Waals surface area contributed by atoms with E-state index in [1.54, 1.807) is 6.20 Å². The van der Waals surface area contributed by atoms with E-state index in [2.05, 4.69) is 27.6 Å². The molecule has 0 saturated carbocycles. The van der Waals surface area contributed by atoms with Crippen molar-refractivity contribution in [1.82, 2.24) is 20.4 Å². The summed E-state index contributed by atoms with van der Waals surface area (Å²) in [6.45, 7) is 6.74. The molecule has 2 N–H and O–H groups in total. The van der Waals surface area contributed by atoms with Gasteiger partial charge in [0.05, 0.1) is 25.4 Å². The monoisotopic (exact) mass is 443 g/mol. The first-order chi connectivity index (χ1) is 11.2. The van der Waals surface area contributed by atoms with Crippen molar-refractivity contribution in [1.29, 1.82) is 0 Å². The van der Waals surface area contributed by atoms with Crippen molar-refractivity contribution in [2.75, 3.05) is 13.2 Å².